The van der Waals surface area contributed by atoms with Crippen LogP contribution in [0.1, 0.15) is 48.8 Å². The molecule has 3 unspecified atom stereocenters. The maximum Gasteiger partial charge on any atom is 0.223 e. The van der Waals surface area contributed by atoms with E-state index in [9.17, 15) is 9.90 Å². The summed E-state index contributed by atoms with van der Waals surface area (Å²) in [6, 6.07) is 5.07. The van der Waals surface area contributed by atoms with Gasteiger partial charge < -0.3 is 20.5 Å². The third-order valence-corrected chi connectivity index (χ3v) is 8.17. The number of rotatable bonds is 10. The van der Waals surface area contributed by atoms with Gasteiger partial charge in [-0.25, -0.2) is 10.9 Å². The normalized spacial score (nSPS) is 27.8. The lowest BCUT2D eigenvalue weighted by Crippen LogP contribution is -2.55. The van der Waals surface area contributed by atoms with Crippen molar-refractivity contribution in [2.75, 3.05) is 39.3 Å². The number of amides is 1. The average molecular weight is 502 g/mol. The first-order chi connectivity index (χ1) is 17.5. The smallest absolute Gasteiger partial charge is 0.223 e. The SMILES string of the molecule is Cc1c(OCC2CNNN2)ccc2c1CCN(C[C@@H](O)CNC(=O)C1CCNC(NC3CCC3)C1)C2. The Morgan fingerprint density at radius 3 is 2.97 bits per heavy atom. The van der Waals surface area contributed by atoms with Crippen molar-refractivity contribution in [1.29, 1.82) is 0 Å². The summed E-state index contributed by atoms with van der Waals surface area (Å²) in [7, 11) is 0. The zero-order valence-corrected chi connectivity index (χ0v) is 21.4. The molecule has 10 nitrogen and oxygen atoms in total. The number of benzene rings is 1. The van der Waals surface area contributed by atoms with Crippen LogP contribution >= 0.6 is 0 Å². The first-order valence-electron chi connectivity index (χ1n) is 13.7. The Labute approximate surface area is 214 Å². The van der Waals surface area contributed by atoms with Gasteiger partial charge >= 0.3 is 0 Å². The Morgan fingerprint density at radius 1 is 1.31 bits per heavy atom. The highest BCUT2D eigenvalue weighted by Gasteiger charge is 2.30. The van der Waals surface area contributed by atoms with Crippen molar-refractivity contribution in [2.24, 2.45) is 5.92 Å². The van der Waals surface area contributed by atoms with E-state index in [1.807, 2.05) is 0 Å². The van der Waals surface area contributed by atoms with E-state index in [1.54, 1.807) is 0 Å². The fourth-order valence-electron chi connectivity index (χ4n) is 5.73. The molecule has 1 aliphatic carbocycles. The number of aliphatic hydroxyl groups is 1. The predicted molar refractivity (Wildman–Crippen MR) is 138 cm³/mol. The Bertz CT molecular complexity index is 891. The molecule has 200 valence electrons. The molecule has 3 aliphatic heterocycles. The lowest BCUT2D eigenvalue weighted by Gasteiger charge is -2.36. The van der Waals surface area contributed by atoms with E-state index in [1.165, 1.54) is 36.0 Å². The molecule has 2 saturated heterocycles. The lowest BCUT2D eigenvalue weighted by molar-refractivity contribution is -0.126. The van der Waals surface area contributed by atoms with Gasteiger partial charge in [0.05, 0.1) is 18.3 Å². The van der Waals surface area contributed by atoms with E-state index in [0.717, 1.165) is 51.2 Å². The first kappa shape index (κ1) is 25.8. The van der Waals surface area contributed by atoms with Crippen molar-refractivity contribution < 1.29 is 14.6 Å². The second kappa shape index (κ2) is 12.2. The minimum absolute atomic E-state index is 0.00857. The van der Waals surface area contributed by atoms with Crippen LogP contribution in [0.2, 0.25) is 0 Å². The van der Waals surface area contributed by atoms with E-state index in [4.69, 9.17) is 4.74 Å². The maximum absolute atomic E-state index is 12.8. The highest BCUT2D eigenvalue weighted by Crippen LogP contribution is 2.29. The minimum Gasteiger partial charge on any atom is -0.492 e. The highest BCUT2D eigenvalue weighted by atomic mass is 16.5. The summed E-state index contributed by atoms with van der Waals surface area (Å²) >= 11 is 0. The second-order valence-electron chi connectivity index (χ2n) is 10.9. The van der Waals surface area contributed by atoms with Gasteiger partial charge in [0.2, 0.25) is 5.91 Å². The molecule has 36 heavy (non-hydrogen) atoms. The molecule has 5 rings (SSSR count). The van der Waals surface area contributed by atoms with Crippen molar-refractivity contribution in [1.82, 2.24) is 37.2 Å². The van der Waals surface area contributed by atoms with E-state index in [0.29, 0.717) is 25.7 Å². The van der Waals surface area contributed by atoms with Gasteiger partial charge in [-0.05, 0) is 68.3 Å². The summed E-state index contributed by atoms with van der Waals surface area (Å²) < 4.78 is 6.07. The molecule has 1 aromatic rings. The molecule has 0 aromatic heterocycles. The third-order valence-electron chi connectivity index (χ3n) is 8.17. The van der Waals surface area contributed by atoms with Gasteiger partial charge in [-0.2, -0.15) is 5.53 Å². The molecule has 1 amide bonds. The number of hydrazine groups is 2. The molecule has 1 saturated carbocycles. The fourth-order valence-corrected chi connectivity index (χ4v) is 5.73. The van der Waals surface area contributed by atoms with Crippen molar-refractivity contribution >= 4 is 5.91 Å². The third kappa shape index (κ3) is 6.55. The van der Waals surface area contributed by atoms with Crippen molar-refractivity contribution in [2.45, 2.75) is 76.3 Å². The van der Waals surface area contributed by atoms with Crippen molar-refractivity contribution in [3.63, 3.8) is 0 Å². The number of carbonyl (C=O) groups excluding carboxylic acids is 1. The summed E-state index contributed by atoms with van der Waals surface area (Å²) in [5.74, 6) is 1.03. The van der Waals surface area contributed by atoms with Crippen LogP contribution in [0.5, 0.6) is 5.75 Å². The van der Waals surface area contributed by atoms with Gasteiger partial charge in [-0.1, -0.05) is 12.5 Å². The van der Waals surface area contributed by atoms with Crippen molar-refractivity contribution in [3.8, 4) is 5.75 Å². The van der Waals surface area contributed by atoms with Gasteiger partial charge in [0.25, 0.3) is 0 Å². The number of piperidine rings is 1. The minimum atomic E-state index is -0.578. The maximum atomic E-state index is 12.8. The van der Waals surface area contributed by atoms with Gasteiger partial charge in [0.15, 0.2) is 0 Å². The van der Waals surface area contributed by atoms with E-state index >= 15 is 0 Å². The molecule has 10 heteroatoms. The molecule has 0 radical (unpaired) electrons. The van der Waals surface area contributed by atoms with Gasteiger partial charge in [-0.15, -0.1) is 0 Å². The topological polar surface area (TPSA) is 122 Å². The number of hydrogen-bond acceptors (Lipinski definition) is 9. The van der Waals surface area contributed by atoms with Gasteiger partial charge in [0.1, 0.15) is 12.4 Å². The summed E-state index contributed by atoms with van der Waals surface area (Å²) in [5, 5.41) is 20.8. The summed E-state index contributed by atoms with van der Waals surface area (Å²) in [4.78, 5) is 15.0. The molecule has 3 fully saturated rings. The number of ether oxygens (including phenoxy) is 1. The molecule has 4 atom stereocenters. The van der Waals surface area contributed by atoms with Crippen molar-refractivity contribution in [3.05, 3.63) is 28.8 Å². The van der Waals surface area contributed by atoms with E-state index in [2.05, 4.69) is 56.3 Å². The van der Waals surface area contributed by atoms with Crippen LogP contribution in [0.25, 0.3) is 0 Å². The van der Waals surface area contributed by atoms with Crippen LogP contribution in [0.4, 0.5) is 0 Å². The summed E-state index contributed by atoms with van der Waals surface area (Å²) in [6.07, 6.45) is 6.04. The van der Waals surface area contributed by atoms with Crippen LogP contribution in [0, 0.1) is 12.8 Å². The molecule has 1 aromatic carbocycles. The van der Waals surface area contributed by atoms with Crippen LogP contribution in [-0.4, -0.2) is 79.6 Å². The Balaban J connectivity index is 1.05. The Morgan fingerprint density at radius 2 is 2.19 bits per heavy atom. The van der Waals surface area contributed by atoms with Gasteiger partial charge in [-0.3, -0.25) is 15.0 Å². The predicted octanol–water partition coefficient (Wildman–Crippen LogP) is -0.342. The molecular formula is C26H43N7O3. The number of hydrogen-bond donors (Lipinski definition) is 7. The van der Waals surface area contributed by atoms with E-state index < -0.39 is 6.10 Å². The number of nitrogens with zero attached hydrogens (tertiary/aromatic N) is 1. The molecular weight excluding hydrogens is 458 g/mol. The number of aliphatic hydroxyl groups excluding tert-OH is 1. The average Bonchev–Trinajstić information content (AvgIpc) is 3.38. The number of fused-ring (bicyclic) bond motifs is 1. The second-order valence-corrected chi connectivity index (χ2v) is 10.9. The molecule has 0 spiro atoms. The standard InChI is InChI=1S/C26H43N7O3/c1-17-23-8-10-33(14-19(23)5-6-24(17)36-16-21-12-29-32-31-21)15-22(34)13-28-26(35)18-7-9-27-25(11-18)30-20-3-2-4-20/h5-6,18,20-22,25,27,29-32,34H,2-4,7-16H2,1H3,(H,28,35)/t18?,21?,22-,25?/m0/s1. The molecule has 0 bridgehead atoms. The van der Waals surface area contributed by atoms with Crippen LogP contribution < -0.4 is 37.1 Å². The molecule has 4 aliphatic rings. The van der Waals surface area contributed by atoms with Gasteiger partial charge in [0, 0.05) is 44.7 Å². The molecule has 7 N–H and O–H groups in total. The number of carbonyl (C=O) groups is 1. The largest absolute Gasteiger partial charge is 0.492 e. The Kier molecular flexibility index (Phi) is 8.74. The fraction of sp³-hybridized carbons (Fsp3) is 0.731. The first-order valence-corrected chi connectivity index (χ1v) is 13.7. The quantitative estimate of drug-likeness (QED) is 0.231. The number of β-amino-alcohol motifs (C(OH)–C–C–N with tert-alkyl or cyclic N) is 1. The molecule has 3 heterocycles. The Hall–Kier alpha value is -1.79. The van der Waals surface area contributed by atoms with Crippen LogP contribution in [0.3, 0.4) is 0 Å². The zero-order valence-electron chi connectivity index (χ0n) is 21.4. The van der Waals surface area contributed by atoms with Crippen LogP contribution in [-0.2, 0) is 17.8 Å². The van der Waals surface area contributed by atoms with E-state index in [-0.39, 0.29) is 24.0 Å². The highest BCUT2D eigenvalue weighted by molar-refractivity contribution is 5.78. The summed E-state index contributed by atoms with van der Waals surface area (Å²) in [5.41, 5.74) is 12.9. The summed E-state index contributed by atoms with van der Waals surface area (Å²) in [6.45, 7) is 7.00. The lowest BCUT2D eigenvalue weighted by atomic mass is 9.90. The van der Waals surface area contributed by atoms with Crippen LogP contribution in [0.15, 0.2) is 12.1 Å². The number of nitrogens with one attached hydrogen (secondary N) is 6. The zero-order chi connectivity index (χ0) is 24.9. The monoisotopic (exact) mass is 501 g/mol.